The molecule has 1 fully saturated rings. The molecule has 186 valence electrons. The van der Waals surface area contributed by atoms with Gasteiger partial charge in [-0.25, -0.2) is 4.68 Å². The van der Waals surface area contributed by atoms with Gasteiger partial charge in [0.1, 0.15) is 6.54 Å². The summed E-state index contributed by atoms with van der Waals surface area (Å²) >= 11 is 0. The van der Waals surface area contributed by atoms with Crippen LogP contribution in [0.5, 0.6) is 0 Å². The fourth-order valence-corrected chi connectivity index (χ4v) is 5.13. The van der Waals surface area contributed by atoms with Crippen LogP contribution in [0, 0.1) is 0 Å². The van der Waals surface area contributed by atoms with Crippen molar-refractivity contribution in [2.75, 3.05) is 20.2 Å². The second-order valence-corrected chi connectivity index (χ2v) is 8.97. The minimum atomic E-state index is -0.617. The molecule has 0 N–H and O–H groups in total. The minimum Gasteiger partial charge on any atom is -0.468 e. The van der Waals surface area contributed by atoms with Gasteiger partial charge in [-0.2, -0.15) is 0 Å². The summed E-state index contributed by atoms with van der Waals surface area (Å²) in [4.78, 5) is 27.4. The van der Waals surface area contributed by atoms with Gasteiger partial charge in [0.2, 0.25) is 0 Å². The van der Waals surface area contributed by atoms with Crippen molar-refractivity contribution in [3.63, 3.8) is 0 Å². The van der Waals surface area contributed by atoms with Gasteiger partial charge in [0.25, 0.3) is 0 Å². The first-order valence-corrected chi connectivity index (χ1v) is 12.2. The third-order valence-electron chi connectivity index (χ3n) is 6.85. The van der Waals surface area contributed by atoms with Crippen molar-refractivity contribution >= 4 is 17.8 Å². The van der Waals surface area contributed by atoms with Crippen molar-refractivity contribution in [2.45, 2.75) is 18.5 Å². The zero-order valence-electron chi connectivity index (χ0n) is 20.7. The summed E-state index contributed by atoms with van der Waals surface area (Å²) in [6, 6.07) is 31.3. The average Bonchev–Trinajstić information content (AvgIpc) is 3.38. The third kappa shape index (κ3) is 4.73. The van der Waals surface area contributed by atoms with E-state index in [0.717, 1.165) is 16.7 Å². The molecule has 5 rings (SSSR count). The van der Waals surface area contributed by atoms with Gasteiger partial charge in [0, 0.05) is 25.1 Å². The summed E-state index contributed by atoms with van der Waals surface area (Å²) in [5.41, 5.74) is 3.98. The van der Waals surface area contributed by atoms with E-state index >= 15 is 0 Å². The Labute approximate surface area is 216 Å². The van der Waals surface area contributed by atoms with Crippen LogP contribution in [0.15, 0.2) is 103 Å². The molecule has 0 bridgehead atoms. The fourth-order valence-electron chi connectivity index (χ4n) is 5.13. The minimum absolute atomic E-state index is 0.0739. The van der Waals surface area contributed by atoms with Crippen LogP contribution in [-0.4, -0.2) is 51.8 Å². The predicted octanol–water partition coefficient (Wildman–Crippen LogP) is 4.10. The number of hydrogen-bond donors (Lipinski definition) is 0. The number of hydrogen-bond acceptors (Lipinski definition) is 6. The quantitative estimate of drug-likeness (QED) is 0.220. The van der Waals surface area contributed by atoms with Crippen LogP contribution in [-0.2, 0) is 26.4 Å². The van der Waals surface area contributed by atoms with Gasteiger partial charge in [0.05, 0.1) is 24.5 Å². The molecule has 0 saturated carbocycles. The number of benzene rings is 3. The molecule has 7 heteroatoms. The number of ether oxygens (including phenoxy) is 1. The SMILES string of the molecule is COC(=O)Cn1nncc1C=C1CN(C(c2ccccc2)(c2ccccc2)c2ccccc2)CCC1=O. The molecule has 0 aliphatic carbocycles. The van der Waals surface area contributed by atoms with Gasteiger partial charge >= 0.3 is 5.97 Å². The molecule has 0 amide bonds. The summed E-state index contributed by atoms with van der Waals surface area (Å²) in [6.45, 7) is 0.935. The largest absolute Gasteiger partial charge is 0.468 e. The highest BCUT2D eigenvalue weighted by molar-refractivity contribution is 6.00. The third-order valence-corrected chi connectivity index (χ3v) is 6.85. The van der Waals surface area contributed by atoms with E-state index in [1.54, 1.807) is 12.3 Å². The average molecular weight is 493 g/mol. The number of aromatic nitrogens is 3. The second-order valence-electron chi connectivity index (χ2n) is 8.97. The van der Waals surface area contributed by atoms with Gasteiger partial charge in [-0.15, -0.1) is 5.10 Å². The number of ketones is 1. The number of nitrogens with zero attached hydrogens (tertiary/aromatic N) is 4. The number of rotatable bonds is 7. The van der Waals surface area contributed by atoms with Crippen molar-refractivity contribution in [1.82, 2.24) is 19.9 Å². The van der Waals surface area contributed by atoms with Crippen molar-refractivity contribution in [3.05, 3.63) is 125 Å². The predicted molar refractivity (Wildman–Crippen MR) is 140 cm³/mol. The maximum atomic E-state index is 13.2. The topological polar surface area (TPSA) is 77.3 Å². The lowest BCUT2D eigenvalue weighted by Crippen LogP contribution is -2.52. The van der Waals surface area contributed by atoms with Crippen LogP contribution in [0.2, 0.25) is 0 Å². The Morgan fingerprint density at radius 1 is 0.919 bits per heavy atom. The molecule has 4 aromatic rings. The molecule has 2 heterocycles. The Bertz CT molecular complexity index is 1300. The van der Waals surface area contributed by atoms with Crippen molar-refractivity contribution < 1.29 is 14.3 Å². The van der Waals surface area contributed by atoms with Crippen LogP contribution in [0.4, 0.5) is 0 Å². The zero-order valence-corrected chi connectivity index (χ0v) is 20.7. The van der Waals surface area contributed by atoms with Crippen LogP contribution in [0.1, 0.15) is 28.8 Å². The van der Waals surface area contributed by atoms with E-state index in [2.05, 4.69) is 88.0 Å². The van der Waals surface area contributed by atoms with E-state index in [1.807, 2.05) is 18.2 Å². The van der Waals surface area contributed by atoms with Crippen LogP contribution < -0.4 is 0 Å². The lowest BCUT2D eigenvalue weighted by atomic mass is 9.74. The number of carbonyl (C=O) groups is 2. The van der Waals surface area contributed by atoms with E-state index < -0.39 is 11.5 Å². The molecule has 1 aromatic heterocycles. The Morgan fingerprint density at radius 2 is 1.46 bits per heavy atom. The first kappa shape index (κ1) is 24.3. The van der Waals surface area contributed by atoms with E-state index in [9.17, 15) is 9.59 Å². The standard InChI is InChI=1S/C30H28N4O3/c1-37-29(36)22-34-27(20-31-32-34)19-23-21-33(18-17-28(23)35)30(24-11-5-2-6-12-24,25-13-7-3-8-14-25)26-15-9-4-10-16-26/h2-16,19-20H,17-18,21-22H2,1H3. The van der Waals surface area contributed by atoms with E-state index in [0.29, 0.717) is 30.8 Å². The Hall–Kier alpha value is -4.36. The summed E-state index contributed by atoms with van der Waals surface area (Å²) in [5, 5.41) is 7.95. The molecule has 0 atom stereocenters. The molecule has 0 unspecified atom stereocenters. The molecule has 7 nitrogen and oxygen atoms in total. The highest BCUT2D eigenvalue weighted by Gasteiger charge is 2.44. The van der Waals surface area contributed by atoms with Crippen molar-refractivity contribution in [2.24, 2.45) is 0 Å². The van der Waals surface area contributed by atoms with Gasteiger partial charge in [0.15, 0.2) is 5.78 Å². The smallest absolute Gasteiger partial charge is 0.327 e. The van der Waals surface area contributed by atoms with E-state index in [4.69, 9.17) is 4.74 Å². The fraction of sp³-hybridized carbons (Fsp3) is 0.200. The highest BCUT2D eigenvalue weighted by atomic mass is 16.5. The number of methoxy groups -OCH3 is 1. The van der Waals surface area contributed by atoms with E-state index in [1.165, 1.54) is 11.8 Å². The Balaban J connectivity index is 1.64. The Morgan fingerprint density at radius 3 is 1.97 bits per heavy atom. The number of carbonyl (C=O) groups excluding carboxylic acids is 2. The number of esters is 1. The lowest BCUT2D eigenvalue weighted by Gasteiger charge is -2.47. The normalized spacial score (nSPS) is 15.6. The molecule has 37 heavy (non-hydrogen) atoms. The summed E-state index contributed by atoms with van der Waals surface area (Å²) in [6.07, 6.45) is 3.73. The van der Waals surface area contributed by atoms with Gasteiger partial charge in [-0.05, 0) is 22.8 Å². The molecular formula is C30H28N4O3. The van der Waals surface area contributed by atoms with Gasteiger partial charge in [-0.1, -0.05) is 96.2 Å². The highest BCUT2D eigenvalue weighted by Crippen LogP contribution is 2.43. The molecule has 1 aliphatic rings. The summed E-state index contributed by atoms with van der Waals surface area (Å²) in [7, 11) is 1.33. The molecule has 1 aliphatic heterocycles. The lowest BCUT2D eigenvalue weighted by molar-refractivity contribution is -0.141. The first-order valence-electron chi connectivity index (χ1n) is 12.2. The molecule has 0 spiro atoms. The number of Topliss-reactive ketones (excluding diaryl/α,β-unsaturated/α-hetero) is 1. The second kappa shape index (κ2) is 10.7. The van der Waals surface area contributed by atoms with Crippen LogP contribution >= 0.6 is 0 Å². The Kier molecular flexibility index (Phi) is 7.05. The molecule has 0 radical (unpaired) electrons. The van der Waals surface area contributed by atoms with Crippen LogP contribution in [0.25, 0.3) is 6.08 Å². The maximum Gasteiger partial charge on any atom is 0.327 e. The van der Waals surface area contributed by atoms with E-state index in [-0.39, 0.29) is 12.3 Å². The summed E-state index contributed by atoms with van der Waals surface area (Å²) < 4.78 is 6.22. The molecule has 3 aromatic carbocycles. The monoisotopic (exact) mass is 492 g/mol. The van der Waals surface area contributed by atoms with Crippen molar-refractivity contribution in [1.29, 1.82) is 0 Å². The van der Waals surface area contributed by atoms with Crippen molar-refractivity contribution in [3.8, 4) is 0 Å². The molecular weight excluding hydrogens is 464 g/mol. The molecule has 1 saturated heterocycles. The number of likely N-dealkylation sites (tertiary alicyclic amines) is 1. The maximum absolute atomic E-state index is 13.2. The zero-order chi connectivity index (χ0) is 25.7. The van der Waals surface area contributed by atoms with Gasteiger partial charge in [-0.3, -0.25) is 14.5 Å². The number of piperidine rings is 1. The van der Waals surface area contributed by atoms with Crippen LogP contribution in [0.3, 0.4) is 0 Å². The first-order chi connectivity index (χ1) is 18.1. The summed E-state index contributed by atoms with van der Waals surface area (Å²) in [5.74, 6) is -0.358. The van der Waals surface area contributed by atoms with Gasteiger partial charge < -0.3 is 4.74 Å².